The number of hydrogen-bond acceptors (Lipinski definition) is 5. The third-order valence-electron chi connectivity index (χ3n) is 4.11. The van der Waals surface area contributed by atoms with Crippen LogP contribution in [-0.4, -0.2) is 15.9 Å². The van der Waals surface area contributed by atoms with Crippen LogP contribution in [0.15, 0.2) is 66.2 Å². The van der Waals surface area contributed by atoms with E-state index in [1.807, 2.05) is 66.9 Å². The highest BCUT2D eigenvalue weighted by molar-refractivity contribution is 7.13. The molecule has 134 valence electrons. The second kappa shape index (κ2) is 7.55. The van der Waals surface area contributed by atoms with E-state index in [0.29, 0.717) is 0 Å². The molecule has 0 aliphatic heterocycles. The van der Waals surface area contributed by atoms with Gasteiger partial charge in [-0.3, -0.25) is 4.79 Å². The van der Waals surface area contributed by atoms with Crippen molar-refractivity contribution in [1.82, 2.24) is 9.97 Å². The molecular formula is C21H18N4OS. The fourth-order valence-electron chi connectivity index (χ4n) is 2.85. The van der Waals surface area contributed by atoms with Gasteiger partial charge in [-0.05, 0) is 36.1 Å². The Hall–Kier alpha value is -3.25. The molecule has 0 saturated heterocycles. The van der Waals surface area contributed by atoms with Crippen molar-refractivity contribution in [2.45, 2.75) is 13.3 Å². The van der Waals surface area contributed by atoms with Crippen molar-refractivity contribution in [3.05, 3.63) is 77.4 Å². The number of anilines is 3. The van der Waals surface area contributed by atoms with E-state index < -0.39 is 0 Å². The third-order valence-corrected chi connectivity index (χ3v) is 4.91. The minimum atomic E-state index is -0.0862. The monoisotopic (exact) mass is 374 g/mol. The molecule has 5 nitrogen and oxygen atoms in total. The van der Waals surface area contributed by atoms with Gasteiger partial charge in [0.25, 0.3) is 0 Å². The van der Waals surface area contributed by atoms with Crippen molar-refractivity contribution >= 4 is 44.7 Å². The number of rotatable bonds is 5. The van der Waals surface area contributed by atoms with Crippen molar-refractivity contribution in [2.24, 2.45) is 0 Å². The Labute approximate surface area is 161 Å². The van der Waals surface area contributed by atoms with Gasteiger partial charge in [-0.25, -0.2) is 9.97 Å². The molecule has 0 aliphatic rings. The molecule has 6 heteroatoms. The minimum absolute atomic E-state index is 0.0862. The first kappa shape index (κ1) is 17.2. The van der Waals surface area contributed by atoms with Crippen molar-refractivity contribution < 1.29 is 4.79 Å². The summed E-state index contributed by atoms with van der Waals surface area (Å²) in [5, 5.41) is 10.9. The summed E-state index contributed by atoms with van der Waals surface area (Å²) in [4.78, 5) is 21.2. The Kier molecular flexibility index (Phi) is 4.80. The van der Waals surface area contributed by atoms with Crippen LogP contribution < -0.4 is 10.6 Å². The van der Waals surface area contributed by atoms with E-state index in [4.69, 9.17) is 0 Å². The Morgan fingerprint density at radius 1 is 1.11 bits per heavy atom. The standard InChI is InChI=1S/C21H18N4OS/c1-14-9-10-22-19(11-14)25-21-23-16(13-27-21)12-20(26)24-18-8-4-6-15-5-2-3-7-17(15)18/h2-11,13H,12H2,1H3,(H,24,26)(H,22,23,25). The van der Waals surface area contributed by atoms with Crippen LogP contribution in [0, 0.1) is 6.92 Å². The normalized spacial score (nSPS) is 10.7. The summed E-state index contributed by atoms with van der Waals surface area (Å²) in [6.07, 6.45) is 1.98. The van der Waals surface area contributed by atoms with Gasteiger partial charge in [0.05, 0.1) is 12.1 Å². The van der Waals surface area contributed by atoms with Gasteiger partial charge in [-0.15, -0.1) is 11.3 Å². The number of amides is 1. The van der Waals surface area contributed by atoms with Crippen LogP contribution in [0.5, 0.6) is 0 Å². The maximum absolute atomic E-state index is 12.5. The lowest BCUT2D eigenvalue weighted by Gasteiger charge is -2.08. The number of fused-ring (bicyclic) bond motifs is 1. The van der Waals surface area contributed by atoms with E-state index >= 15 is 0 Å². The second-order valence-corrected chi connectivity index (χ2v) is 7.10. The molecule has 4 aromatic rings. The molecule has 1 amide bonds. The first-order valence-corrected chi connectivity index (χ1v) is 9.47. The molecule has 0 saturated carbocycles. The van der Waals surface area contributed by atoms with Gasteiger partial charge in [-0.2, -0.15) is 0 Å². The zero-order chi connectivity index (χ0) is 18.6. The fraction of sp³-hybridized carbons (Fsp3) is 0.0952. The SMILES string of the molecule is Cc1ccnc(Nc2nc(CC(=O)Nc3cccc4ccccc34)cs2)c1. The number of carbonyl (C=O) groups is 1. The van der Waals surface area contributed by atoms with Gasteiger partial charge >= 0.3 is 0 Å². The summed E-state index contributed by atoms with van der Waals surface area (Å²) in [6, 6.07) is 17.8. The number of aryl methyl sites for hydroxylation is 1. The van der Waals surface area contributed by atoms with Gasteiger partial charge < -0.3 is 10.6 Å². The van der Waals surface area contributed by atoms with Crippen LogP contribution >= 0.6 is 11.3 Å². The Morgan fingerprint density at radius 2 is 1.96 bits per heavy atom. The number of benzene rings is 2. The molecule has 2 aromatic carbocycles. The summed E-state index contributed by atoms with van der Waals surface area (Å²) in [6.45, 7) is 2.01. The van der Waals surface area contributed by atoms with Crippen LogP contribution in [0.25, 0.3) is 10.8 Å². The van der Waals surface area contributed by atoms with E-state index in [-0.39, 0.29) is 12.3 Å². The van der Waals surface area contributed by atoms with Crippen LogP contribution in [-0.2, 0) is 11.2 Å². The lowest BCUT2D eigenvalue weighted by atomic mass is 10.1. The summed E-state index contributed by atoms with van der Waals surface area (Å²) in [5.41, 5.74) is 2.67. The smallest absolute Gasteiger partial charge is 0.230 e. The van der Waals surface area contributed by atoms with E-state index in [2.05, 4.69) is 20.6 Å². The Bertz CT molecular complexity index is 1100. The molecule has 0 fully saturated rings. The number of thiazole rings is 1. The first-order valence-electron chi connectivity index (χ1n) is 8.59. The number of carbonyl (C=O) groups excluding carboxylic acids is 1. The average molecular weight is 374 g/mol. The second-order valence-electron chi connectivity index (χ2n) is 6.24. The highest BCUT2D eigenvalue weighted by atomic mass is 32.1. The zero-order valence-electron chi connectivity index (χ0n) is 14.8. The molecular weight excluding hydrogens is 356 g/mol. The maximum Gasteiger partial charge on any atom is 0.230 e. The predicted molar refractivity (Wildman–Crippen MR) is 111 cm³/mol. The number of aromatic nitrogens is 2. The largest absolute Gasteiger partial charge is 0.325 e. The van der Waals surface area contributed by atoms with Gasteiger partial charge in [0.2, 0.25) is 5.91 Å². The van der Waals surface area contributed by atoms with Gasteiger partial charge in [0.15, 0.2) is 5.13 Å². The molecule has 0 atom stereocenters. The van der Waals surface area contributed by atoms with Crippen LogP contribution in [0.4, 0.5) is 16.6 Å². The van der Waals surface area contributed by atoms with Crippen molar-refractivity contribution in [3.63, 3.8) is 0 Å². The average Bonchev–Trinajstić information content (AvgIpc) is 3.08. The van der Waals surface area contributed by atoms with Crippen molar-refractivity contribution in [1.29, 1.82) is 0 Å². The number of hydrogen-bond donors (Lipinski definition) is 2. The van der Waals surface area contributed by atoms with Gasteiger partial charge in [0.1, 0.15) is 5.82 Å². The predicted octanol–water partition coefficient (Wildman–Crippen LogP) is 4.92. The molecule has 2 heterocycles. The number of nitrogens with one attached hydrogen (secondary N) is 2. The summed E-state index contributed by atoms with van der Waals surface area (Å²) >= 11 is 1.46. The van der Waals surface area contributed by atoms with Crippen molar-refractivity contribution in [2.75, 3.05) is 10.6 Å². The van der Waals surface area contributed by atoms with Crippen LogP contribution in [0.2, 0.25) is 0 Å². The summed E-state index contributed by atoms with van der Waals surface area (Å²) < 4.78 is 0. The van der Waals surface area contributed by atoms with Gasteiger partial charge in [0, 0.05) is 22.7 Å². The molecule has 0 aliphatic carbocycles. The first-order chi connectivity index (χ1) is 13.2. The van der Waals surface area contributed by atoms with Crippen LogP contribution in [0.1, 0.15) is 11.3 Å². The third kappa shape index (κ3) is 4.12. The summed E-state index contributed by atoms with van der Waals surface area (Å²) in [7, 11) is 0. The highest BCUT2D eigenvalue weighted by Gasteiger charge is 2.10. The molecule has 0 unspecified atom stereocenters. The van der Waals surface area contributed by atoms with E-state index in [9.17, 15) is 4.79 Å². The van der Waals surface area contributed by atoms with E-state index in [1.54, 1.807) is 6.20 Å². The minimum Gasteiger partial charge on any atom is -0.325 e. The number of pyridine rings is 1. The zero-order valence-corrected chi connectivity index (χ0v) is 15.6. The van der Waals surface area contributed by atoms with Crippen molar-refractivity contribution in [3.8, 4) is 0 Å². The maximum atomic E-state index is 12.5. The molecule has 0 spiro atoms. The van der Waals surface area contributed by atoms with Crippen LogP contribution in [0.3, 0.4) is 0 Å². The Morgan fingerprint density at radius 3 is 2.85 bits per heavy atom. The number of nitrogens with zero attached hydrogens (tertiary/aromatic N) is 2. The molecule has 0 radical (unpaired) electrons. The van der Waals surface area contributed by atoms with Gasteiger partial charge in [-0.1, -0.05) is 36.4 Å². The molecule has 4 rings (SSSR count). The molecule has 2 N–H and O–H groups in total. The van der Waals surface area contributed by atoms with E-state index in [1.165, 1.54) is 11.3 Å². The topological polar surface area (TPSA) is 66.9 Å². The quantitative estimate of drug-likeness (QED) is 0.520. The fourth-order valence-corrected chi connectivity index (χ4v) is 3.57. The molecule has 2 aromatic heterocycles. The molecule has 0 bridgehead atoms. The summed E-state index contributed by atoms with van der Waals surface area (Å²) in [5.74, 6) is 0.660. The highest BCUT2D eigenvalue weighted by Crippen LogP contribution is 2.24. The van der Waals surface area contributed by atoms with E-state index in [0.717, 1.165) is 38.7 Å². The lowest BCUT2D eigenvalue weighted by Crippen LogP contribution is -2.14. The lowest BCUT2D eigenvalue weighted by molar-refractivity contribution is -0.115. The molecule has 27 heavy (non-hydrogen) atoms. The Balaban J connectivity index is 1.43.